The fourth-order valence-electron chi connectivity index (χ4n) is 4.05. The van der Waals surface area contributed by atoms with E-state index in [4.69, 9.17) is 0 Å². The van der Waals surface area contributed by atoms with Gasteiger partial charge in [0.25, 0.3) is 0 Å². The molecule has 36 heavy (non-hydrogen) atoms. The van der Waals surface area contributed by atoms with Crippen LogP contribution in [0, 0.1) is 6.92 Å². The van der Waals surface area contributed by atoms with Gasteiger partial charge >= 0.3 is 0 Å². The van der Waals surface area contributed by atoms with Gasteiger partial charge in [-0.15, -0.1) is 0 Å². The lowest BCUT2D eigenvalue weighted by Gasteiger charge is -2.33. The van der Waals surface area contributed by atoms with Gasteiger partial charge in [0.05, 0.1) is 11.9 Å². The average molecular weight is 516 g/mol. The Labute approximate surface area is 216 Å². The first-order chi connectivity index (χ1) is 16.6. The second-order valence-electron chi connectivity index (χ2n) is 10.7. The van der Waals surface area contributed by atoms with Crippen molar-refractivity contribution in [1.82, 2.24) is 10.2 Å². The van der Waals surface area contributed by atoms with Gasteiger partial charge in [0.1, 0.15) is 12.6 Å². The summed E-state index contributed by atoms with van der Waals surface area (Å²) in [5.41, 5.74) is 3.29. The van der Waals surface area contributed by atoms with Gasteiger partial charge in [-0.05, 0) is 55.9 Å². The molecular weight excluding hydrogens is 474 g/mol. The lowest BCUT2D eigenvalue weighted by atomic mass is 9.87. The molecule has 198 valence electrons. The molecule has 1 unspecified atom stereocenters. The minimum Gasteiger partial charge on any atom is -0.352 e. The highest BCUT2D eigenvalue weighted by Crippen LogP contribution is 2.26. The number of sulfonamides is 1. The van der Waals surface area contributed by atoms with E-state index in [9.17, 15) is 18.0 Å². The summed E-state index contributed by atoms with van der Waals surface area (Å²) in [4.78, 5) is 28.2. The first kappa shape index (κ1) is 29.4. The van der Waals surface area contributed by atoms with Crippen LogP contribution < -0.4 is 9.62 Å². The molecule has 2 rings (SSSR count). The first-order valence-electron chi connectivity index (χ1n) is 12.4. The van der Waals surface area contributed by atoms with Crippen molar-refractivity contribution in [2.45, 2.75) is 78.9 Å². The van der Waals surface area contributed by atoms with E-state index in [2.05, 4.69) is 26.1 Å². The van der Waals surface area contributed by atoms with Crippen LogP contribution in [0.1, 0.15) is 64.7 Å². The van der Waals surface area contributed by atoms with Crippen LogP contribution in [0.4, 0.5) is 5.69 Å². The Bertz CT molecular complexity index is 1150. The lowest BCUT2D eigenvalue weighted by molar-refractivity contribution is -0.140. The molecule has 0 aromatic heterocycles. The molecule has 0 aliphatic rings. The van der Waals surface area contributed by atoms with E-state index in [-0.39, 0.29) is 23.9 Å². The third-order valence-electron chi connectivity index (χ3n) is 5.95. The highest BCUT2D eigenvalue weighted by Gasteiger charge is 2.32. The minimum absolute atomic E-state index is 0.0867. The molecule has 0 aliphatic carbocycles. The van der Waals surface area contributed by atoms with Gasteiger partial charge in [-0.1, -0.05) is 69.7 Å². The standard InChI is InChI=1S/C28H41N3O4S/c1-9-25(27(33)29-20(2)3)30(18-22-12-10-11-21(4)17-22)26(32)19-31(36(8,34)35)24-15-13-23(14-16-24)28(5,6)7/h10-17,20,25H,9,18-19H2,1-8H3,(H,29,33). The maximum Gasteiger partial charge on any atom is 0.244 e. The molecular formula is C28H41N3O4S. The second kappa shape index (κ2) is 11.9. The zero-order valence-electron chi connectivity index (χ0n) is 22.8. The molecule has 2 aromatic rings. The average Bonchev–Trinajstić information content (AvgIpc) is 2.75. The molecule has 2 aromatic carbocycles. The van der Waals surface area contributed by atoms with E-state index < -0.39 is 28.5 Å². The number of nitrogens with zero attached hydrogens (tertiary/aromatic N) is 2. The Morgan fingerprint density at radius 2 is 1.64 bits per heavy atom. The molecule has 0 heterocycles. The zero-order valence-corrected chi connectivity index (χ0v) is 23.6. The molecule has 2 amide bonds. The molecule has 8 heteroatoms. The number of carbonyl (C=O) groups excluding carboxylic acids is 2. The number of aryl methyl sites for hydroxylation is 1. The highest BCUT2D eigenvalue weighted by molar-refractivity contribution is 7.92. The van der Waals surface area contributed by atoms with Gasteiger partial charge in [0.2, 0.25) is 21.8 Å². The number of rotatable bonds is 10. The van der Waals surface area contributed by atoms with Crippen LogP contribution in [0.15, 0.2) is 48.5 Å². The van der Waals surface area contributed by atoms with Crippen molar-refractivity contribution in [3.63, 3.8) is 0 Å². The summed E-state index contributed by atoms with van der Waals surface area (Å²) < 4.78 is 26.6. The molecule has 0 spiro atoms. The van der Waals surface area contributed by atoms with Crippen molar-refractivity contribution in [2.75, 3.05) is 17.1 Å². The number of hydrogen-bond acceptors (Lipinski definition) is 4. The van der Waals surface area contributed by atoms with Crippen molar-refractivity contribution < 1.29 is 18.0 Å². The Morgan fingerprint density at radius 3 is 2.11 bits per heavy atom. The smallest absolute Gasteiger partial charge is 0.244 e. The SMILES string of the molecule is CCC(C(=O)NC(C)C)N(Cc1cccc(C)c1)C(=O)CN(c1ccc(C(C)(C)C)cc1)S(C)(=O)=O. The highest BCUT2D eigenvalue weighted by atomic mass is 32.2. The van der Waals surface area contributed by atoms with E-state index in [1.54, 1.807) is 12.1 Å². The Morgan fingerprint density at radius 1 is 1.03 bits per heavy atom. The van der Waals surface area contributed by atoms with Crippen molar-refractivity contribution in [3.8, 4) is 0 Å². The number of carbonyl (C=O) groups is 2. The summed E-state index contributed by atoms with van der Waals surface area (Å²) in [6, 6.07) is 14.1. The summed E-state index contributed by atoms with van der Waals surface area (Å²) >= 11 is 0. The Hall–Kier alpha value is -2.87. The predicted molar refractivity (Wildman–Crippen MR) is 146 cm³/mol. The second-order valence-corrected chi connectivity index (χ2v) is 12.6. The third kappa shape index (κ3) is 8.08. The van der Waals surface area contributed by atoms with Crippen LogP contribution in [-0.2, 0) is 31.6 Å². The molecule has 1 N–H and O–H groups in total. The van der Waals surface area contributed by atoms with Gasteiger partial charge in [-0.3, -0.25) is 13.9 Å². The number of hydrogen-bond donors (Lipinski definition) is 1. The van der Waals surface area contributed by atoms with Crippen LogP contribution in [0.2, 0.25) is 0 Å². The zero-order chi connectivity index (χ0) is 27.3. The van der Waals surface area contributed by atoms with Crippen molar-refractivity contribution in [2.24, 2.45) is 0 Å². The third-order valence-corrected chi connectivity index (χ3v) is 7.09. The summed E-state index contributed by atoms with van der Waals surface area (Å²) in [7, 11) is -3.76. The molecule has 0 saturated heterocycles. The van der Waals surface area contributed by atoms with Crippen LogP contribution in [0.5, 0.6) is 0 Å². The van der Waals surface area contributed by atoms with Crippen LogP contribution in [-0.4, -0.2) is 50.0 Å². The van der Waals surface area contributed by atoms with Crippen molar-refractivity contribution in [3.05, 3.63) is 65.2 Å². The first-order valence-corrected chi connectivity index (χ1v) is 14.2. The van der Waals surface area contributed by atoms with E-state index >= 15 is 0 Å². The van der Waals surface area contributed by atoms with Gasteiger partial charge in [-0.25, -0.2) is 8.42 Å². The summed E-state index contributed by atoms with van der Waals surface area (Å²) in [6.45, 7) is 13.6. The minimum atomic E-state index is -3.76. The van der Waals surface area contributed by atoms with Gasteiger partial charge in [0.15, 0.2) is 0 Å². The van der Waals surface area contributed by atoms with E-state index in [0.717, 1.165) is 27.3 Å². The Balaban J connectivity index is 2.45. The largest absolute Gasteiger partial charge is 0.352 e. The van der Waals surface area contributed by atoms with Gasteiger partial charge < -0.3 is 10.2 Å². The molecule has 0 fully saturated rings. The number of nitrogens with one attached hydrogen (secondary N) is 1. The quantitative estimate of drug-likeness (QED) is 0.508. The molecule has 1 atom stereocenters. The fraction of sp³-hybridized carbons (Fsp3) is 0.500. The lowest BCUT2D eigenvalue weighted by Crippen LogP contribution is -2.53. The van der Waals surface area contributed by atoms with Crippen LogP contribution in [0.25, 0.3) is 0 Å². The topological polar surface area (TPSA) is 86.8 Å². The maximum atomic E-state index is 13.7. The monoisotopic (exact) mass is 515 g/mol. The van der Waals surface area contributed by atoms with E-state index in [1.165, 1.54) is 4.90 Å². The van der Waals surface area contributed by atoms with Gasteiger partial charge in [-0.2, -0.15) is 0 Å². The maximum absolute atomic E-state index is 13.7. The van der Waals surface area contributed by atoms with Crippen molar-refractivity contribution in [1.29, 1.82) is 0 Å². The fourth-order valence-corrected chi connectivity index (χ4v) is 4.90. The molecule has 0 bridgehead atoms. The number of amides is 2. The summed E-state index contributed by atoms with van der Waals surface area (Å²) in [5, 5.41) is 2.90. The normalized spacial score (nSPS) is 12.8. The molecule has 7 nitrogen and oxygen atoms in total. The molecule has 0 saturated carbocycles. The molecule has 0 radical (unpaired) electrons. The van der Waals surface area contributed by atoms with E-state index in [0.29, 0.717) is 12.1 Å². The van der Waals surface area contributed by atoms with Crippen LogP contribution >= 0.6 is 0 Å². The van der Waals surface area contributed by atoms with Gasteiger partial charge in [0, 0.05) is 12.6 Å². The van der Waals surface area contributed by atoms with E-state index in [1.807, 2.05) is 64.1 Å². The summed E-state index contributed by atoms with van der Waals surface area (Å²) in [6.07, 6.45) is 1.49. The predicted octanol–water partition coefficient (Wildman–Crippen LogP) is 4.39. The Kier molecular flexibility index (Phi) is 9.71. The number of benzene rings is 2. The number of anilines is 1. The van der Waals surface area contributed by atoms with Crippen LogP contribution in [0.3, 0.4) is 0 Å². The molecule has 0 aliphatic heterocycles. The summed E-state index contributed by atoms with van der Waals surface area (Å²) in [5.74, 6) is -0.693. The van der Waals surface area contributed by atoms with Crippen molar-refractivity contribution >= 4 is 27.5 Å².